The number of urea groups is 1. The van der Waals surface area contributed by atoms with Gasteiger partial charge in [-0.25, -0.2) is 4.79 Å². The van der Waals surface area contributed by atoms with Crippen molar-refractivity contribution in [2.45, 2.75) is 52.5 Å². The van der Waals surface area contributed by atoms with Crippen molar-refractivity contribution in [1.82, 2.24) is 15.5 Å². The SMILES string of the molecule is CC1CCCCN1CCCNC(=O)NCC(C)(C)C(=O)O. The number of carbonyl (C=O) groups excluding carboxylic acids is 1. The van der Waals surface area contributed by atoms with Crippen LogP contribution in [0.5, 0.6) is 0 Å². The first-order chi connectivity index (χ1) is 9.83. The van der Waals surface area contributed by atoms with Crippen molar-refractivity contribution < 1.29 is 14.7 Å². The summed E-state index contributed by atoms with van der Waals surface area (Å²) in [7, 11) is 0. The summed E-state index contributed by atoms with van der Waals surface area (Å²) in [6.45, 7) is 8.33. The molecule has 0 saturated carbocycles. The van der Waals surface area contributed by atoms with Gasteiger partial charge in [-0.3, -0.25) is 4.79 Å². The van der Waals surface area contributed by atoms with Gasteiger partial charge in [0.1, 0.15) is 0 Å². The van der Waals surface area contributed by atoms with Crippen LogP contribution >= 0.6 is 0 Å². The molecule has 1 aliphatic rings. The Morgan fingerprint density at radius 3 is 2.62 bits per heavy atom. The number of nitrogens with zero attached hydrogens (tertiary/aromatic N) is 1. The minimum Gasteiger partial charge on any atom is -0.481 e. The van der Waals surface area contributed by atoms with Crippen molar-refractivity contribution in [3.63, 3.8) is 0 Å². The van der Waals surface area contributed by atoms with Crippen molar-refractivity contribution in [2.75, 3.05) is 26.2 Å². The highest BCUT2D eigenvalue weighted by Crippen LogP contribution is 2.16. The van der Waals surface area contributed by atoms with Crippen molar-refractivity contribution in [2.24, 2.45) is 5.41 Å². The Hall–Kier alpha value is -1.30. The van der Waals surface area contributed by atoms with E-state index in [1.165, 1.54) is 19.3 Å². The number of hydrogen-bond acceptors (Lipinski definition) is 3. The van der Waals surface area contributed by atoms with Crippen molar-refractivity contribution >= 4 is 12.0 Å². The molecule has 6 heteroatoms. The van der Waals surface area contributed by atoms with E-state index in [-0.39, 0.29) is 12.6 Å². The zero-order valence-electron chi connectivity index (χ0n) is 13.4. The van der Waals surface area contributed by atoms with Crippen LogP contribution in [0.4, 0.5) is 4.79 Å². The van der Waals surface area contributed by atoms with Gasteiger partial charge in [-0.2, -0.15) is 0 Å². The number of carboxylic acid groups (broad SMARTS) is 1. The molecule has 1 saturated heterocycles. The second-order valence-corrected chi connectivity index (χ2v) is 6.53. The Bertz CT molecular complexity index is 358. The molecule has 0 aliphatic carbocycles. The van der Waals surface area contributed by atoms with Gasteiger partial charge in [-0.15, -0.1) is 0 Å². The summed E-state index contributed by atoms with van der Waals surface area (Å²) in [5, 5.41) is 14.3. The Labute approximate surface area is 127 Å². The standard InChI is InChI=1S/C15H29N3O3/c1-12-7-4-5-9-18(12)10-6-8-16-14(21)17-11-15(2,3)13(19)20/h12H,4-11H2,1-3H3,(H,19,20)(H2,16,17,21). The first-order valence-electron chi connectivity index (χ1n) is 7.82. The van der Waals surface area contributed by atoms with Crippen LogP contribution in [0, 0.1) is 5.41 Å². The molecule has 2 amide bonds. The number of rotatable bonds is 7. The fourth-order valence-electron chi connectivity index (χ4n) is 2.41. The summed E-state index contributed by atoms with van der Waals surface area (Å²) in [5.74, 6) is -0.915. The molecule has 0 radical (unpaired) electrons. The molecular weight excluding hydrogens is 270 g/mol. The van der Waals surface area contributed by atoms with Crippen molar-refractivity contribution in [3.05, 3.63) is 0 Å². The second-order valence-electron chi connectivity index (χ2n) is 6.53. The molecule has 0 bridgehead atoms. The van der Waals surface area contributed by atoms with E-state index in [9.17, 15) is 9.59 Å². The fraction of sp³-hybridized carbons (Fsp3) is 0.867. The largest absolute Gasteiger partial charge is 0.481 e. The minimum absolute atomic E-state index is 0.122. The molecule has 6 nitrogen and oxygen atoms in total. The number of hydrogen-bond donors (Lipinski definition) is 3. The van der Waals surface area contributed by atoms with Crippen molar-refractivity contribution in [3.8, 4) is 0 Å². The van der Waals surface area contributed by atoms with Crippen LogP contribution in [0.25, 0.3) is 0 Å². The lowest BCUT2D eigenvalue weighted by atomic mass is 9.94. The Morgan fingerprint density at radius 2 is 2.00 bits per heavy atom. The Morgan fingerprint density at radius 1 is 1.29 bits per heavy atom. The summed E-state index contributed by atoms with van der Waals surface area (Å²) in [6.07, 6.45) is 4.76. The molecule has 1 aliphatic heterocycles. The maximum atomic E-state index is 11.6. The summed E-state index contributed by atoms with van der Waals surface area (Å²) < 4.78 is 0. The van der Waals surface area contributed by atoms with E-state index in [2.05, 4.69) is 22.5 Å². The highest BCUT2D eigenvalue weighted by Gasteiger charge is 2.27. The number of aliphatic carboxylic acids is 1. The summed E-state index contributed by atoms with van der Waals surface area (Å²) in [5.41, 5.74) is -0.944. The lowest BCUT2D eigenvalue weighted by Gasteiger charge is -2.33. The molecule has 0 spiro atoms. The lowest BCUT2D eigenvalue weighted by molar-refractivity contribution is -0.146. The fourth-order valence-corrected chi connectivity index (χ4v) is 2.41. The smallest absolute Gasteiger partial charge is 0.314 e. The zero-order chi connectivity index (χ0) is 15.9. The van der Waals surface area contributed by atoms with Crippen molar-refractivity contribution in [1.29, 1.82) is 0 Å². The van der Waals surface area contributed by atoms with E-state index in [0.717, 1.165) is 19.5 Å². The number of likely N-dealkylation sites (tertiary alicyclic amines) is 1. The average molecular weight is 299 g/mol. The third-order valence-electron chi connectivity index (χ3n) is 4.12. The van der Waals surface area contributed by atoms with Gasteiger partial charge in [0, 0.05) is 25.7 Å². The lowest BCUT2D eigenvalue weighted by Crippen LogP contribution is -2.44. The molecule has 3 N–H and O–H groups in total. The van der Waals surface area contributed by atoms with Crippen LogP contribution in [-0.4, -0.2) is 54.2 Å². The van der Waals surface area contributed by atoms with Gasteiger partial charge in [0.25, 0.3) is 0 Å². The molecular formula is C15H29N3O3. The van der Waals surface area contributed by atoms with E-state index >= 15 is 0 Å². The molecule has 0 aromatic rings. The van der Waals surface area contributed by atoms with Gasteiger partial charge in [0.15, 0.2) is 0 Å². The molecule has 0 aromatic heterocycles. The number of piperidine rings is 1. The number of nitrogens with one attached hydrogen (secondary N) is 2. The summed E-state index contributed by atoms with van der Waals surface area (Å²) in [4.78, 5) is 25.0. The van der Waals surface area contributed by atoms with Gasteiger partial charge in [-0.05, 0) is 46.6 Å². The van der Waals surface area contributed by atoms with Crippen LogP contribution in [-0.2, 0) is 4.79 Å². The Balaban J connectivity index is 2.12. The van der Waals surface area contributed by atoms with E-state index in [4.69, 9.17) is 5.11 Å². The monoisotopic (exact) mass is 299 g/mol. The van der Waals surface area contributed by atoms with Crippen LogP contribution in [0.15, 0.2) is 0 Å². The predicted molar refractivity (Wildman–Crippen MR) is 82.3 cm³/mol. The highest BCUT2D eigenvalue weighted by molar-refractivity contribution is 5.77. The molecule has 122 valence electrons. The maximum Gasteiger partial charge on any atom is 0.314 e. The minimum atomic E-state index is -0.944. The molecule has 0 aromatic carbocycles. The van der Waals surface area contributed by atoms with Crippen LogP contribution in [0.1, 0.15) is 46.5 Å². The maximum absolute atomic E-state index is 11.6. The van der Waals surface area contributed by atoms with Gasteiger partial charge >= 0.3 is 12.0 Å². The first kappa shape index (κ1) is 17.8. The van der Waals surface area contributed by atoms with E-state index in [1.54, 1.807) is 13.8 Å². The predicted octanol–water partition coefficient (Wildman–Crippen LogP) is 1.66. The average Bonchev–Trinajstić information content (AvgIpc) is 2.43. The van der Waals surface area contributed by atoms with E-state index < -0.39 is 11.4 Å². The van der Waals surface area contributed by atoms with Gasteiger partial charge in [0.05, 0.1) is 5.41 Å². The first-order valence-corrected chi connectivity index (χ1v) is 7.82. The topological polar surface area (TPSA) is 81.7 Å². The molecule has 1 rings (SSSR count). The molecule has 1 heterocycles. The third kappa shape index (κ3) is 6.33. The quantitative estimate of drug-likeness (QED) is 0.624. The summed E-state index contributed by atoms with van der Waals surface area (Å²) >= 11 is 0. The van der Waals surface area contributed by atoms with Crippen LogP contribution in [0.3, 0.4) is 0 Å². The van der Waals surface area contributed by atoms with Gasteiger partial charge < -0.3 is 20.6 Å². The van der Waals surface area contributed by atoms with Gasteiger partial charge in [0.2, 0.25) is 0 Å². The summed E-state index contributed by atoms with van der Waals surface area (Å²) in [6, 6.07) is 0.347. The Kier molecular flexibility index (Phi) is 6.95. The van der Waals surface area contributed by atoms with E-state index in [0.29, 0.717) is 12.6 Å². The zero-order valence-corrected chi connectivity index (χ0v) is 13.4. The number of amides is 2. The molecule has 21 heavy (non-hydrogen) atoms. The van der Waals surface area contributed by atoms with E-state index in [1.807, 2.05) is 0 Å². The third-order valence-corrected chi connectivity index (χ3v) is 4.12. The highest BCUT2D eigenvalue weighted by atomic mass is 16.4. The second kappa shape index (κ2) is 8.22. The molecule has 1 fully saturated rings. The number of carboxylic acids is 1. The van der Waals surface area contributed by atoms with Crippen LogP contribution < -0.4 is 10.6 Å². The molecule has 1 atom stereocenters. The molecule has 1 unspecified atom stereocenters. The number of carbonyl (C=O) groups is 2. The van der Waals surface area contributed by atoms with Crippen LogP contribution in [0.2, 0.25) is 0 Å². The van der Waals surface area contributed by atoms with Gasteiger partial charge in [-0.1, -0.05) is 6.42 Å². The normalized spacial score (nSPS) is 20.0.